The molecule has 1 aromatic carbocycles. The van der Waals surface area contributed by atoms with Crippen LogP contribution in [0.3, 0.4) is 0 Å². The molecule has 2 heterocycles. The summed E-state index contributed by atoms with van der Waals surface area (Å²) < 4.78 is 31.6. The van der Waals surface area contributed by atoms with Gasteiger partial charge in [-0.1, -0.05) is 0 Å². The van der Waals surface area contributed by atoms with Gasteiger partial charge in [0.05, 0.1) is 0 Å². The predicted molar refractivity (Wildman–Crippen MR) is 78.2 cm³/mol. The van der Waals surface area contributed by atoms with Gasteiger partial charge in [-0.05, 0) is 19.2 Å². The fraction of sp³-hybridized carbons (Fsp3) is 0.333. The van der Waals surface area contributed by atoms with Crippen LogP contribution < -0.4 is 9.64 Å². The van der Waals surface area contributed by atoms with Crippen LogP contribution in [0.4, 0.5) is 14.6 Å². The van der Waals surface area contributed by atoms with Crippen LogP contribution in [-0.4, -0.2) is 48.1 Å². The van der Waals surface area contributed by atoms with E-state index in [0.717, 1.165) is 44.1 Å². The summed E-state index contributed by atoms with van der Waals surface area (Å²) in [7, 11) is 2.08. The summed E-state index contributed by atoms with van der Waals surface area (Å²) in [5.41, 5.74) is 0. The second-order valence-corrected chi connectivity index (χ2v) is 5.18. The third kappa shape index (κ3) is 3.30. The molecular weight excluding hydrogens is 290 g/mol. The topological polar surface area (TPSA) is 41.5 Å². The molecule has 0 spiro atoms. The van der Waals surface area contributed by atoms with Crippen LogP contribution in [0.2, 0.25) is 0 Å². The van der Waals surface area contributed by atoms with Crippen LogP contribution in [0.25, 0.3) is 0 Å². The first kappa shape index (κ1) is 14.6. The van der Waals surface area contributed by atoms with Crippen LogP contribution in [0.15, 0.2) is 30.6 Å². The van der Waals surface area contributed by atoms with Crippen LogP contribution in [-0.2, 0) is 0 Å². The highest BCUT2D eigenvalue weighted by Crippen LogP contribution is 2.24. The lowest BCUT2D eigenvalue weighted by atomic mass is 10.3. The van der Waals surface area contributed by atoms with E-state index in [4.69, 9.17) is 4.74 Å². The zero-order valence-electron chi connectivity index (χ0n) is 12.2. The number of piperazine rings is 1. The van der Waals surface area contributed by atoms with Gasteiger partial charge in [0, 0.05) is 38.3 Å². The largest absolute Gasteiger partial charge is 0.439 e. The summed E-state index contributed by atoms with van der Waals surface area (Å²) in [6.07, 6.45) is 1.41. The SMILES string of the molecule is CN1CCN(c2cc(Oc3ccc(F)c(F)c3)ncn2)CC1. The maximum atomic E-state index is 13.2. The van der Waals surface area contributed by atoms with Gasteiger partial charge >= 0.3 is 0 Å². The van der Waals surface area contributed by atoms with E-state index in [2.05, 4.69) is 26.8 Å². The Bertz CT molecular complexity index is 660. The van der Waals surface area contributed by atoms with E-state index >= 15 is 0 Å². The summed E-state index contributed by atoms with van der Waals surface area (Å²) in [5.74, 6) is -0.600. The first-order valence-electron chi connectivity index (χ1n) is 7.00. The number of hydrogen-bond acceptors (Lipinski definition) is 5. The maximum Gasteiger partial charge on any atom is 0.224 e. The molecule has 0 saturated carbocycles. The summed E-state index contributed by atoms with van der Waals surface area (Å²) in [6, 6.07) is 5.07. The number of nitrogens with zero attached hydrogens (tertiary/aromatic N) is 4. The van der Waals surface area contributed by atoms with Gasteiger partial charge in [-0.15, -0.1) is 0 Å². The first-order valence-corrected chi connectivity index (χ1v) is 7.00. The highest BCUT2D eigenvalue weighted by molar-refractivity contribution is 5.42. The van der Waals surface area contributed by atoms with Crippen molar-refractivity contribution in [2.45, 2.75) is 0 Å². The van der Waals surface area contributed by atoms with E-state index in [0.29, 0.717) is 5.88 Å². The van der Waals surface area contributed by atoms with Gasteiger partial charge in [0.2, 0.25) is 5.88 Å². The molecule has 0 aliphatic carbocycles. The summed E-state index contributed by atoms with van der Waals surface area (Å²) >= 11 is 0. The minimum absolute atomic E-state index is 0.196. The number of likely N-dealkylation sites (N-methyl/N-ethyl adjacent to an activating group) is 1. The molecule has 22 heavy (non-hydrogen) atoms. The van der Waals surface area contributed by atoms with E-state index in [1.165, 1.54) is 12.4 Å². The number of ether oxygens (including phenoxy) is 1. The van der Waals surface area contributed by atoms with Gasteiger partial charge in [-0.3, -0.25) is 0 Å². The van der Waals surface area contributed by atoms with Gasteiger partial charge in [-0.2, -0.15) is 0 Å². The average molecular weight is 306 g/mol. The predicted octanol–water partition coefficient (Wildman–Crippen LogP) is 2.30. The Morgan fingerprint density at radius 1 is 1.00 bits per heavy atom. The second kappa shape index (κ2) is 6.23. The second-order valence-electron chi connectivity index (χ2n) is 5.18. The zero-order chi connectivity index (χ0) is 15.5. The summed E-state index contributed by atoms with van der Waals surface area (Å²) in [4.78, 5) is 12.6. The van der Waals surface area contributed by atoms with E-state index < -0.39 is 11.6 Å². The van der Waals surface area contributed by atoms with Crippen molar-refractivity contribution >= 4 is 5.82 Å². The number of anilines is 1. The van der Waals surface area contributed by atoms with Crippen molar-refractivity contribution < 1.29 is 13.5 Å². The Balaban J connectivity index is 1.74. The third-order valence-corrected chi connectivity index (χ3v) is 3.57. The van der Waals surface area contributed by atoms with E-state index in [1.54, 1.807) is 6.07 Å². The molecule has 2 aromatic rings. The van der Waals surface area contributed by atoms with Gasteiger partial charge in [0.25, 0.3) is 0 Å². The molecule has 0 amide bonds. The Morgan fingerprint density at radius 3 is 2.50 bits per heavy atom. The fourth-order valence-electron chi connectivity index (χ4n) is 2.26. The number of halogens is 2. The van der Waals surface area contributed by atoms with Crippen molar-refractivity contribution in [1.29, 1.82) is 0 Å². The molecule has 3 rings (SSSR count). The number of rotatable bonds is 3. The van der Waals surface area contributed by atoms with Crippen molar-refractivity contribution in [3.05, 3.63) is 42.2 Å². The Morgan fingerprint density at radius 2 is 1.77 bits per heavy atom. The summed E-state index contributed by atoms with van der Waals surface area (Å²) in [6.45, 7) is 3.67. The van der Waals surface area contributed by atoms with Gasteiger partial charge in [-0.25, -0.2) is 18.7 Å². The Hall–Kier alpha value is -2.28. The van der Waals surface area contributed by atoms with Crippen molar-refractivity contribution in [1.82, 2.24) is 14.9 Å². The highest BCUT2D eigenvalue weighted by atomic mass is 19.2. The lowest BCUT2D eigenvalue weighted by Crippen LogP contribution is -2.44. The van der Waals surface area contributed by atoms with Crippen molar-refractivity contribution in [2.75, 3.05) is 38.1 Å². The van der Waals surface area contributed by atoms with Crippen LogP contribution >= 0.6 is 0 Å². The third-order valence-electron chi connectivity index (χ3n) is 3.57. The number of hydrogen-bond donors (Lipinski definition) is 0. The lowest BCUT2D eigenvalue weighted by molar-refractivity contribution is 0.312. The Kier molecular flexibility index (Phi) is 4.15. The number of benzene rings is 1. The molecule has 0 unspecified atom stereocenters. The minimum atomic E-state index is -0.953. The van der Waals surface area contributed by atoms with Crippen molar-refractivity contribution in [3.63, 3.8) is 0 Å². The van der Waals surface area contributed by atoms with Gasteiger partial charge in [0.1, 0.15) is 17.9 Å². The molecule has 1 aliphatic rings. The molecule has 1 aromatic heterocycles. The molecular formula is C15H16F2N4O. The van der Waals surface area contributed by atoms with Crippen LogP contribution in [0.5, 0.6) is 11.6 Å². The molecule has 1 saturated heterocycles. The lowest BCUT2D eigenvalue weighted by Gasteiger charge is -2.33. The van der Waals surface area contributed by atoms with E-state index in [1.807, 2.05) is 0 Å². The van der Waals surface area contributed by atoms with E-state index in [9.17, 15) is 8.78 Å². The van der Waals surface area contributed by atoms with E-state index in [-0.39, 0.29) is 5.75 Å². The molecule has 116 valence electrons. The van der Waals surface area contributed by atoms with Crippen LogP contribution in [0.1, 0.15) is 0 Å². The standard InChI is InChI=1S/C15H16F2N4O/c1-20-4-6-21(7-5-20)14-9-15(19-10-18-14)22-11-2-3-12(16)13(17)8-11/h2-3,8-10H,4-7H2,1H3. The quantitative estimate of drug-likeness (QED) is 0.870. The maximum absolute atomic E-state index is 13.2. The van der Waals surface area contributed by atoms with Gasteiger partial charge in [0.15, 0.2) is 11.6 Å². The fourth-order valence-corrected chi connectivity index (χ4v) is 2.26. The first-order chi connectivity index (χ1) is 10.6. The zero-order valence-corrected chi connectivity index (χ0v) is 12.2. The molecule has 1 aliphatic heterocycles. The monoisotopic (exact) mass is 306 g/mol. The van der Waals surface area contributed by atoms with Crippen molar-refractivity contribution in [3.8, 4) is 11.6 Å². The minimum Gasteiger partial charge on any atom is -0.439 e. The molecule has 7 heteroatoms. The number of aromatic nitrogens is 2. The molecule has 0 bridgehead atoms. The molecule has 5 nitrogen and oxygen atoms in total. The smallest absolute Gasteiger partial charge is 0.224 e. The van der Waals surface area contributed by atoms with Gasteiger partial charge < -0.3 is 14.5 Å². The molecule has 0 radical (unpaired) electrons. The normalized spacial score (nSPS) is 15.9. The van der Waals surface area contributed by atoms with Crippen molar-refractivity contribution in [2.24, 2.45) is 0 Å². The highest BCUT2D eigenvalue weighted by Gasteiger charge is 2.16. The Labute approximate surface area is 127 Å². The van der Waals surface area contributed by atoms with Crippen LogP contribution in [0, 0.1) is 11.6 Å². The molecule has 1 fully saturated rings. The molecule has 0 atom stereocenters. The molecule has 0 N–H and O–H groups in total. The average Bonchev–Trinajstić information content (AvgIpc) is 2.52. The summed E-state index contributed by atoms with van der Waals surface area (Å²) in [5, 5.41) is 0.